The van der Waals surface area contributed by atoms with Crippen molar-refractivity contribution in [1.29, 1.82) is 0 Å². The number of hydrogen-bond donors (Lipinski definition) is 0. The highest BCUT2D eigenvalue weighted by Crippen LogP contribution is 2.38. The third kappa shape index (κ3) is 6.13. The van der Waals surface area contributed by atoms with Gasteiger partial charge in [-0.25, -0.2) is 0 Å². The average Bonchev–Trinajstić information content (AvgIpc) is 2.96. The molecule has 0 bridgehead atoms. The zero-order valence-corrected chi connectivity index (χ0v) is 23.7. The number of nitrogens with zero attached hydrogens (tertiary/aromatic N) is 2. The molecule has 0 saturated carbocycles. The van der Waals surface area contributed by atoms with Crippen LogP contribution < -0.4 is 9.47 Å². The van der Waals surface area contributed by atoms with Crippen LogP contribution >= 0.6 is 15.9 Å². The normalized spacial score (nSPS) is 10.9. The molecule has 0 atom stereocenters. The molecule has 4 aromatic carbocycles. The Morgan fingerprint density at radius 2 is 1.46 bits per heavy atom. The number of carbonyl (C=O) groups excluding carboxylic acids is 1. The van der Waals surface area contributed by atoms with Crippen LogP contribution in [0.2, 0.25) is 0 Å². The van der Waals surface area contributed by atoms with Gasteiger partial charge in [-0.05, 0) is 69.7 Å². The second-order valence-corrected chi connectivity index (χ2v) is 10.5. The van der Waals surface area contributed by atoms with E-state index < -0.39 is 0 Å². The fourth-order valence-electron chi connectivity index (χ4n) is 4.34. The molecule has 5 aromatic rings. The Bertz CT molecular complexity index is 1600. The number of ether oxygens (including phenoxy) is 2. The van der Waals surface area contributed by atoms with Crippen LogP contribution in [0.25, 0.3) is 22.0 Å². The number of aromatic nitrogens is 1. The summed E-state index contributed by atoms with van der Waals surface area (Å²) in [6, 6.07) is 29.9. The van der Waals surface area contributed by atoms with Crippen molar-refractivity contribution in [3.8, 4) is 22.8 Å². The number of amides is 1. The Morgan fingerprint density at radius 3 is 2.10 bits per heavy atom. The van der Waals surface area contributed by atoms with Gasteiger partial charge in [0.2, 0.25) is 0 Å². The van der Waals surface area contributed by atoms with Gasteiger partial charge in [0, 0.05) is 35.7 Å². The lowest BCUT2D eigenvalue weighted by atomic mass is 9.96. The molecular weight excluding hydrogens is 552 g/mol. The molecule has 39 heavy (non-hydrogen) atoms. The van der Waals surface area contributed by atoms with Crippen molar-refractivity contribution in [2.45, 2.75) is 20.1 Å². The number of hydrogen-bond acceptors (Lipinski definition) is 4. The molecule has 0 radical (unpaired) electrons. The number of aryl methyl sites for hydroxylation is 1. The van der Waals surface area contributed by atoms with Gasteiger partial charge in [-0.3, -0.25) is 9.78 Å². The van der Waals surface area contributed by atoms with Crippen molar-refractivity contribution >= 4 is 32.6 Å². The molecule has 6 heteroatoms. The van der Waals surface area contributed by atoms with Gasteiger partial charge < -0.3 is 14.4 Å². The summed E-state index contributed by atoms with van der Waals surface area (Å²) in [5.74, 6) is 1.22. The van der Waals surface area contributed by atoms with Crippen LogP contribution in [0.5, 0.6) is 11.5 Å². The topological polar surface area (TPSA) is 51.7 Å². The minimum Gasteiger partial charge on any atom is -0.489 e. The third-order valence-electron chi connectivity index (χ3n) is 6.47. The van der Waals surface area contributed by atoms with Crippen LogP contribution in [-0.4, -0.2) is 29.9 Å². The molecule has 1 amide bonds. The molecule has 5 nitrogen and oxygen atoms in total. The molecule has 0 unspecified atom stereocenters. The second kappa shape index (κ2) is 11.7. The summed E-state index contributed by atoms with van der Waals surface area (Å²) in [4.78, 5) is 19.5. The largest absolute Gasteiger partial charge is 0.489 e. The molecule has 5 rings (SSSR count). The maximum Gasteiger partial charge on any atom is 0.257 e. The quantitative estimate of drug-likeness (QED) is 0.187. The SMILES string of the molecule is Cc1ccc(COc2ccc(COc3c(C(=O)N(C)C)cc(-c4ccc(Br)cn4)c4ccccc34)cc2)cc1. The lowest BCUT2D eigenvalue weighted by molar-refractivity contribution is 0.0823. The minimum absolute atomic E-state index is 0.131. The highest BCUT2D eigenvalue weighted by molar-refractivity contribution is 9.10. The summed E-state index contributed by atoms with van der Waals surface area (Å²) < 4.78 is 13.2. The first kappa shape index (κ1) is 26.4. The molecule has 0 aliphatic heterocycles. The summed E-state index contributed by atoms with van der Waals surface area (Å²) >= 11 is 3.45. The fraction of sp³-hybridized carbons (Fsp3) is 0.152. The zero-order valence-electron chi connectivity index (χ0n) is 22.1. The van der Waals surface area contributed by atoms with Crippen molar-refractivity contribution in [2.75, 3.05) is 14.1 Å². The van der Waals surface area contributed by atoms with Crippen LogP contribution in [0.1, 0.15) is 27.0 Å². The van der Waals surface area contributed by atoms with E-state index in [0.717, 1.165) is 43.4 Å². The number of benzene rings is 4. The first-order chi connectivity index (χ1) is 18.9. The van der Waals surface area contributed by atoms with Gasteiger partial charge in [0.05, 0.1) is 11.3 Å². The van der Waals surface area contributed by atoms with E-state index in [4.69, 9.17) is 9.47 Å². The standard InChI is InChI=1S/C33H29BrN2O3/c1-22-8-10-23(11-9-22)20-38-26-15-12-24(13-16-26)21-39-32-28-7-5-4-6-27(28)29(18-30(32)33(37)36(2)3)31-17-14-25(34)19-35-31/h4-19H,20-21H2,1-3H3. The fourth-order valence-corrected chi connectivity index (χ4v) is 4.57. The highest BCUT2D eigenvalue weighted by atomic mass is 79.9. The average molecular weight is 582 g/mol. The predicted molar refractivity (Wildman–Crippen MR) is 159 cm³/mol. The molecule has 1 aromatic heterocycles. The number of rotatable bonds is 8. The van der Waals surface area contributed by atoms with E-state index in [1.54, 1.807) is 25.2 Å². The predicted octanol–water partition coefficient (Wildman–Crippen LogP) is 7.83. The van der Waals surface area contributed by atoms with E-state index >= 15 is 0 Å². The monoisotopic (exact) mass is 580 g/mol. The minimum atomic E-state index is -0.131. The lowest BCUT2D eigenvalue weighted by Crippen LogP contribution is -2.22. The zero-order chi connectivity index (χ0) is 27.4. The summed E-state index contributed by atoms with van der Waals surface area (Å²) in [5.41, 5.74) is 5.49. The van der Waals surface area contributed by atoms with Crippen LogP contribution in [0.4, 0.5) is 0 Å². The van der Waals surface area contributed by atoms with Crippen LogP contribution in [0.15, 0.2) is 102 Å². The van der Waals surface area contributed by atoms with Gasteiger partial charge in [0.15, 0.2) is 0 Å². The Balaban J connectivity index is 1.42. The molecule has 1 heterocycles. The Labute approximate surface area is 237 Å². The molecule has 0 saturated heterocycles. The summed E-state index contributed by atoms with van der Waals surface area (Å²) in [6.45, 7) is 2.89. The molecule has 0 aliphatic carbocycles. The summed E-state index contributed by atoms with van der Waals surface area (Å²) in [7, 11) is 3.49. The first-order valence-electron chi connectivity index (χ1n) is 12.7. The van der Waals surface area contributed by atoms with E-state index in [0.29, 0.717) is 24.5 Å². The molecular formula is C33H29BrN2O3. The molecule has 0 aliphatic rings. The molecule has 0 spiro atoms. The van der Waals surface area contributed by atoms with E-state index in [-0.39, 0.29) is 5.91 Å². The van der Waals surface area contributed by atoms with Crippen molar-refractivity contribution in [2.24, 2.45) is 0 Å². The molecule has 196 valence electrons. The third-order valence-corrected chi connectivity index (χ3v) is 6.94. The molecule has 0 fully saturated rings. The van der Waals surface area contributed by atoms with Gasteiger partial charge in [-0.2, -0.15) is 0 Å². The van der Waals surface area contributed by atoms with Gasteiger partial charge in [0.1, 0.15) is 24.7 Å². The first-order valence-corrected chi connectivity index (χ1v) is 13.5. The lowest BCUT2D eigenvalue weighted by Gasteiger charge is -2.19. The maximum absolute atomic E-state index is 13.3. The van der Waals surface area contributed by atoms with E-state index in [2.05, 4.69) is 52.1 Å². The van der Waals surface area contributed by atoms with Gasteiger partial charge >= 0.3 is 0 Å². The second-order valence-electron chi connectivity index (χ2n) is 9.61. The van der Waals surface area contributed by atoms with Crippen LogP contribution in [-0.2, 0) is 13.2 Å². The maximum atomic E-state index is 13.3. The van der Waals surface area contributed by atoms with Crippen LogP contribution in [0, 0.1) is 6.92 Å². The van der Waals surface area contributed by atoms with Gasteiger partial charge in [-0.15, -0.1) is 0 Å². The van der Waals surface area contributed by atoms with Crippen molar-refractivity contribution in [3.05, 3.63) is 124 Å². The summed E-state index contributed by atoms with van der Waals surface area (Å²) in [6.07, 6.45) is 1.76. The number of carbonyl (C=O) groups is 1. The van der Waals surface area contributed by atoms with E-state index in [9.17, 15) is 4.79 Å². The summed E-state index contributed by atoms with van der Waals surface area (Å²) in [5, 5.41) is 1.83. The van der Waals surface area contributed by atoms with Crippen LogP contribution in [0.3, 0.4) is 0 Å². The molecule has 0 N–H and O–H groups in total. The number of fused-ring (bicyclic) bond motifs is 1. The van der Waals surface area contributed by atoms with E-state index in [1.807, 2.05) is 66.7 Å². The Morgan fingerprint density at radius 1 is 0.821 bits per heavy atom. The van der Waals surface area contributed by atoms with Gasteiger partial charge in [0.25, 0.3) is 5.91 Å². The van der Waals surface area contributed by atoms with Gasteiger partial charge in [-0.1, -0.05) is 66.2 Å². The van der Waals surface area contributed by atoms with Crippen molar-refractivity contribution in [3.63, 3.8) is 0 Å². The smallest absolute Gasteiger partial charge is 0.257 e. The van der Waals surface area contributed by atoms with Crippen molar-refractivity contribution in [1.82, 2.24) is 9.88 Å². The Hall–Kier alpha value is -4.16. The Kier molecular flexibility index (Phi) is 7.94. The number of halogens is 1. The van der Waals surface area contributed by atoms with Crippen molar-refractivity contribution < 1.29 is 14.3 Å². The number of pyridine rings is 1. The highest BCUT2D eigenvalue weighted by Gasteiger charge is 2.21. The van der Waals surface area contributed by atoms with E-state index in [1.165, 1.54) is 5.56 Å².